The van der Waals surface area contributed by atoms with Crippen LogP contribution in [0.3, 0.4) is 0 Å². The maximum absolute atomic E-state index is 13.2. The molecule has 3 amide bonds. The Bertz CT molecular complexity index is 541. The summed E-state index contributed by atoms with van der Waals surface area (Å²) in [6.45, 7) is 0.152. The number of carbonyl (C=O) groups excluding carboxylic acids is 2. The van der Waals surface area contributed by atoms with Crippen molar-refractivity contribution in [1.29, 1.82) is 0 Å². The van der Waals surface area contributed by atoms with Crippen molar-refractivity contribution in [2.24, 2.45) is 0 Å². The zero-order chi connectivity index (χ0) is 14.7. The molecule has 1 N–H and O–H groups in total. The molecule has 1 saturated heterocycles. The number of benzene rings is 1. The first-order valence-corrected chi connectivity index (χ1v) is 8.26. The standard InChI is InChI=1S/C13H14BrFN2O2S/c1-20-5-4-11-12(18)17(13(19)16-11)7-8-2-3-10(15)9(14)6-8/h2-3,6,11H,4-5,7H2,1H3,(H,16,19)/t11-/m1/s1. The minimum Gasteiger partial charge on any atom is -0.326 e. The molecule has 1 aliphatic heterocycles. The molecule has 1 aromatic carbocycles. The van der Waals surface area contributed by atoms with E-state index < -0.39 is 6.04 Å². The summed E-state index contributed by atoms with van der Waals surface area (Å²) in [6.07, 6.45) is 2.57. The van der Waals surface area contributed by atoms with Gasteiger partial charge in [-0.3, -0.25) is 9.69 Å². The molecule has 0 aromatic heterocycles. The van der Waals surface area contributed by atoms with Crippen molar-refractivity contribution in [3.05, 3.63) is 34.1 Å². The van der Waals surface area contributed by atoms with Gasteiger partial charge in [-0.25, -0.2) is 9.18 Å². The predicted octanol–water partition coefficient (Wildman–Crippen LogP) is 2.76. The van der Waals surface area contributed by atoms with Crippen molar-refractivity contribution >= 4 is 39.6 Å². The van der Waals surface area contributed by atoms with Gasteiger partial charge in [0.05, 0.1) is 11.0 Å². The molecule has 1 fully saturated rings. The number of thioether (sulfide) groups is 1. The van der Waals surface area contributed by atoms with Crippen molar-refractivity contribution in [3.63, 3.8) is 0 Å². The van der Waals surface area contributed by atoms with E-state index in [-0.39, 0.29) is 24.3 Å². The molecule has 0 aliphatic carbocycles. The lowest BCUT2D eigenvalue weighted by molar-refractivity contribution is -0.127. The van der Waals surface area contributed by atoms with Gasteiger partial charge in [-0.1, -0.05) is 6.07 Å². The van der Waals surface area contributed by atoms with Gasteiger partial charge in [0.2, 0.25) is 0 Å². The fraction of sp³-hybridized carbons (Fsp3) is 0.385. The van der Waals surface area contributed by atoms with Crippen LogP contribution in [-0.4, -0.2) is 34.9 Å². The number of nitrogens with one attached hydrogen (secondary N) is 1. The molecule has 2 rings (SSSR count). The number of urea groups is 1. The third-order valence-electron chi connectivity index (χ3n) is 3.04. The summed E-state index contributed by atoms with van der Waals surface area (Å²) >= 11 is 4.72. The molecule has 108 valence electrons. The molecule has 0 spiro atoms. The van der Waals surface area contributed by atoms with Crippen LogP contribution in [0.5, 0.6) is 0 Å². The second-order valence-electron chi connectivity index (χ2n) is 4.46. The maximum atomic E-state index is 13.2. The van der Waals surface area contributed by atoms with E-state index in [4.69, 9.17) is 0 Å². The highest BCUT2D eigenvalue weighted by Gasteiger charge is 2.37. The molecule has 0 unspecified atom stereocenters. The van der Waals surface area contributed by atoms with E-state index in [9.17, 15) is 14.0 Å². The SMILES string of the molecule is CSCC[C@H]1NC(=O)N(Cc2ccc(F)c(Br)c2)C1=O. The molecular weight excluding hydrogens is 347 g/mol. The van der Waals surface area contributed by atoms with Gasteiger partial charge in [-0.15, -0.1) is 0 Å². The predicted molar refractivity (Wildman–Crippen MR) is 80.0 cm³/mol. The number of nitrogens with zero attached hydrogens (tertiary/aromatic N) is 1. The topological polar surface area (TPSA) is 49.4 Å². The molecule has 7 heteroatoms. The van der Waals surface area contributed by atoms with E-state index in [2.05, 4.69) is 21.2 Å². The zero-order valence-corrected chi connectivity index (χ0v) is 13.3. The Kier molecular flexibility index (Phi) is 5.04. The summed E-state index contributed by atoms with van der Waals surface area (Å²) in [7, 11) is 0. The van der Waals surface area contributed by atoms with Crippen LogP contribution >= 0.6 is 27.7 Å². The van der Waals surface area contributed by atoms with E-state index in [0.29, 0.717) is 16.5 Å². The number of amides is 3. The van der Waals surface area contributed by atoms with Crippen LogP contribution in [-0.2, 0) is 11.3 Å². The number of hydrogen-bond donors (Lipinski definition) is 1. The van der Waals surface area contributed by atoms with Gasteiger partial charge in [0.15, 0.2) is 0 Å². The van der Waals surface area contributed by atoms with Crippen LogP contribution in [0.2, 0.25) is 0 Å². The van der Waals surface area contributed by atoms with Gasteiger partial charge in [0.25, 0.3) is 5.91 Å². The quantitative estimate of drug-likeness (QED) is 0.821. The molecule has 1 atom stereocenters. The molecule has 20 heavy (non-hydrogen) atoms. The second kappa shape index (κ2) is 6.58. The van der Waals surface area contributed by atoms with Crippen LogP contribution in [0, 0.1) is 5.82 Å². The summed E-state index contributed by atoms with van der Waals surface area (Å²) in [6, 6.07) is 3.62. The fourth-order valence-electron chi connectivity index (χ4n) is 1.98. The Labute approximate surface area is 129 Å². The fourth-order valence-corrected chi connectivity index (χ4v) is 2.88. The van der Waals surface area contributed by atoms with Gasteiger partial charge >= 0.3 is 6.03 Å². The third-order valence-corrected chi connectivity index (χ3v) is 4.29. The Hall–Kier alpha value is -1.08. The molecule has 1 aliphatic rings. The average Bonchev–Trinajstić information content (AvgIpc) is 2.68. The van der Waals surface area contributed by atoms with Gasteiger partial charge in [0, 0.05) is 0 Å². The zero-order valence-electron chi connectivity index (χ0n) is 10.9. The molecule has 0 saturated carbocycles. The van der Waals surface area contributed by atoms with Crippen molar-refractivity contribution in [2.75, 3.05) is 12.0 Å². The molecule has 0 radical (unpaired) electrons. The summed E-state index contributed by atoms with van der Waals surface area (Å²) in [4.78, 5) is 25.1. The lowest BCUT2D eigenvalue weighted by atomic mass is 10.2. The lowest BCUT2D eigenvalue weighted by Gasteiger charge is -2.13. The first kappa shape index (κ1) is 15.3. The van der Waals surface area contributed by atoms with Crippen molar-refractivity contribution in [1.82, 2.24) is 10.2 Å². The monoisotopic (exact) mass is 360 g/mol. The molecular formula is C13H14BrFN2O2S. The normalized spacial score (nSPS) is 18.6. The first-order valence-electron chi connectivity index (χ1n) is 6.07. The highest BCUT2D eigenvalue weighted by molar-refractivity contribution is 9.10. The number of halogens is 2. The molecule has 0 bridgehead atoms. The van der Waals surface area contributed by atoms with Crippen LogP contribution in [0.25, 0.3) is 0 Å². The number of rotatable bonds is 5. The van der Waals surface area contributed by atoms with Gasteiger partial charge in [-0.2, -0.15) is 11.8 Å². The third kappa shape index (κ3) is 3.32. The van der Waals surface area contributed by atoms with Crippen molar-refractivity contribution in [3.8, 4) is 0 Å². The van der Waals surface area contributed by atoms with Crippen LogP contribution < -0.4 is 5.32 Å². The maximum Gasteiger partial charge on any atom is 0.325 e. The number of imide groups is 1. The summed E-state index contributed by atoms with van der Waals surface area (Å²) < 4.78 is 13.5. The Morgan fingerprint density at radius 3 is 2.85 bits per heavy atom. The van der Waals surface area contributed by atoms with E-state index in [0.717, 1.165) is 5.75 Å². The first-order chi connectivity index (χ1) is 9.52. The summed E-state index contributed by atoms with van der Waals surface area (Å²) in [5.74, 6) is 0.223. The highest BCUT2D eigenvalue weighted by atomic mass is 79.9. The summed E-state index contributed by atoms with van der Waals surface area (Å²) in [5.41, 5.74) is 0.701. The number of hydrogen-bond acceptors (Lipinski definition) is 3. The molecule has 4 nitrogen and oxygen atoms in total. The van der Waals surface area contributed by atoms with Crippen LogP contribution in [0.1, 0.15) is 12.0 Å². The van der Waals surface area contributed by atoms with Crippen molar-refractivity contribution < 1.29 is 14.0 Å². The van der Waals surface area contributed by atoms with Gasteiger partial charge < -0.3 is 5.32 Å². The molecule has 1 heterocycles. The average molecular weight is 361 g/mol. The smallest absolute Gasteiger partial charge is 0.325 e. The van der Waals surface area contributed by atoms with Crippen LogP contribution in [0.15, 0.2) is 22.7 Å². The lowest BCUT2D eigenvalue weighted by Crippen LogP contribution is -2.31. The molecule has 1 aromatic rings. The number of carbonyl (C=O) groups is 2. The minimum absolute atomic E-state index is 0.152. The van der Waals surface area contributed by atoms with E-state index in [1.807, 2.05) is 6.26 Å². The van der Waals surface area contributed by atoms with Gasteiger partial charge in [-0.05, 0) is 52.1 Å². The highest BCUT2D eigenvalue weighted by Crippen LogP contribution is 2.20. The minimum atomic E-state index is -0.446. The van der Waals surface area contributed by atoms with Crippen molar-refractivity contribution in [2.45, 2.75) is 19.0 Å². The van der Waals surface area contributed by atoms with Gasteiger partial charge in [0.1, 0.15) is 11.9 Å². The summed E-state index contributed by atoms with van der Waals surface area (Å²) in [5, 5.41) is 2.67. The Morgan fingerprint density at radius 1 is 1.45 bits per heavy atom. The van der Waals surface area contributed by atoms with Crippen LogP contribution in [0.4, 0.5) is 9.18 Å². The largest absolute Gasteiger partial charge is 0.326 e. The van der Waals surface area contributed by atoms with E-state index in [1.165, 1.54) is 11.0 Å². The van der Waals surface area contributed by atoms with E-state index >= 15 is 0 Å². The Balaban J connectivity index is 2.07. The Morgan fingerprint density at radius 2 is 2.20 bits per heavy atom. The second-order valence-corrected chi connectivity index (χ2v) is 6.30. The van der Waals surface area contributed by atoms with E-state index in [1.54, 1.807) is 23.9 Å².